The molecule has 1 aromatic carbocycles. The number of ether oxygens (including phenoxy) is 1. The van der Waals surface area contributed by atoms with Crippen LogP contribution in [0.1, 0.15) is 0 Å². The van der Waals surface area contributed by atoms with Gasteiger partial charge in [-0.15, -0.1) is 0 Å². The molecule has 0 fully saturated rings. The molecule has 21 heavy (non-hydrogen) atoms. The van der Waals surface area contributed by atoms with Gasteiger partial charge in [-0.05, 0) is 24.3 Å². The van der Waals surface area contributed by atoms with Crippen LogP contribution in [-0.2, 0) is 4.79 Å². The number of anilines is 1. The summed E-state index contributed by atoms with van der Waals surface area (Å²) in [7, 11) is 1.50. The molecule has 6 heteroatoms. The van der Waals surface area contributed by atoms with Crippen LogP contribution in [0.3, 0.4) is 0 Å². The molecule has 0 atom stereocenters. The first-order valence-corrected chi connectivity index (χ1v) is 6.25. The number of hydrogen-bond acceptors (Lipinski definition) is 3. The van der Waals surface area contributed by atoms with E-state index in [0.717, 1.165) is 5.39 Å². The minimum Gasteiger partial charge on any atom is -0.496 e. The molecule has 106 valence electrons. The van der Waals surface area contributed by atoms with Gasteiger partial charge in [-0.1, -0.05) is 6.07 Å². The molecular weight excluding hydrogens is 273 g/mol. The summed E-state index contributed by atoms with van der Waals surface area (Å²) in [6.45, 7) is 0. The largest absolute Gasteiger partial charge is 0.496 e. The highest BCUT2D eigenvalue weighted by Gasteiger charge is 2.16. The third-order valence-electron chi connectivity index (χ3n) is 3.21. The number of carbonyl (C=O) groups excluding carboxylic acids is 1. The highest BCUT2D eigenvalue weighted by Crippen LogP contribution is 2.36. The Morgan fingerprint density at radius 3 is 2.95 bits per heavy atom. The third kappa shape index (κ3) is 2.20. The Kier molecular flexibility index (Phi) is 3.27. The van der Waals surface area contributed by atoms with Gasteiger partial charge in [-0.3, -0.25) is 4.79 Å². The second kappa shape index (κ2) is 5.24. The fourth-order valence-corrected chi connectivity index (χ4v) is 2.29. The van der Waals surface area contributed by atoms with Gasteiger partial charge in [0.1, 0.15) is 23.0 Å². The number of rotatable bonds is 4. The number of hydrogen-bond donors (Lipinski definition) is 2. The molecule has 3 aromatic rings. The van der Waals surface area contributed by atoms with Crippen LogP contribution in [0.15, 0.2) is 36.5 Å². The topological polar surface area (TPSA) is 67.0 Å². The molecule has 3 rings (SSSR count). The number of aromatic amines is 1. The minimum atomic E-state index is -0.370. The van der Waals surface area contributed by atoms with E-state index in [1.165, 1.54) is 13.2 Å². The molecule has 2 heterocycles. The number of pyridine rings is 1. The van der Waals surface area contributed by atoms with Gasteiger partial charge in [-0.2, -0.15) is 0 Å². The van der Waals surface area contributed by atoms with Crippen LogP contribution in [0, 0.1) is 5.82 Å². The summed E-state index contributed by atoms with van der Waals surface area (Å²) in [6, 6.07) is 8.10. The highest BCUT2D eigenvalue weighted by atomic mass is 19.1. The van der Waals surface area contributed by atoms with Gasteiger partial charge in [0.15, 0.2) is 0 Å². The SMILES string of the molecule is COc1cccc(F)c1-c1c[nH]c2nc(NC=O)ccc12. The number of carbonyl (C=O) groups is 1. The predicted octanol–water partition coefficient (Wildman–Crippen LogP) is 2.95. The first kappa shape index (κ1) is 13.1. The summed E-state index contributed by atoms with van der Waals surface area (Å²) in [4.78, 5) is 17.6. The van der Waals surface area contributed by atoms with E-state index in [1.54, 1.807) is 30.5 Å². The predicted molar refractivity (Wildman–Crippen MR) is 77.7 cm³/mol. The number of halogens is 1. The first-order chi connectivity index (χ1) is 10.2. The van der Waals surface area contributed by atoms with Gasteiger partial charge in [-0.25, -0.2) is 9.37 Å². The van der Waals surface area contributed by atoms with E-state index < -0.39 is 0 Å². The van der Waals surface area contributed by atoms with Gasteiger partial charge in [0.25, 0.3) is 0 Å². The van der Waals surface area contributed by atoms with Gasteiger partial charge < -0.3 is 15.0 Å². The molecule has 1 amide bonds. The summed E-state index contributed by atoms with van der Waals surface area (Å²) in [5.74, 6) is 0.503. The Morgan fingerprint density at radius 1 is 1.33 bits per heavy atom. The van der Waals surface area contributed by atoms with Crippen LogP contribution in [-0.4, -0.2) is 23.5 Å². The number of fused-ring (bicyclic) bond motifs is 1. The Hall–Kier alpha value is -2.89. The highest BCUT2D eigenvalue weighted by molar-refractivity contribution is 5.96. The van der Waals surface area contributed by atoms with Crippen molar-refractivity contribution >= 4 is 23.3 Å². The molecule has 0 radical (unpaired) electrons. The first-order valence-electron chi connectivity index (χ1n) is 6.25. The standard InChI is InChI=1S/C15H12FN3O2/c1-21-12-4-2-3-11(16)14(12)10-7-17-15-9(10)5-6-13(19-15)18-8-20/h2-8H,1H3,(H2,17,18,19,20). The molecule has 0 spiro atoms. The van der Waals surface area contributed by atoms with Gasteiger partial charge in [0, 0.05) is 17.1 Å². The lowest BCUT2D eigenvalue weighted by atomic mass is 10.0. The molecule has 0 bridgehead atoms. The summed E-state index contributed by atoms with van der Waals surface area (Å²) < 4.78 is 19.4. The molecule has 0 saturated carbocycles. The number of H-pyrrole nitrogens is 1. The van der Waals surface area contributed by atoms with Crippen LogP contribution in [0.4, 0.5) is 10.2 Å². The molecule has 0 aliphatic carbocycles. The Labute approximate surface area is 119 Å². The fraction of sp³-hybridized carbons (Fsp3) is 0.0667. The van der Waals surface area contributed by atoms with Crippen LogP contribution in [0.25, 0.3) is 22.2 Å². The van der Waals surface area contributed by atoms with Gasteiger partial charge in [0.2, 0.25) is 6.41 Å². The quantitative estimate of drug-likeness (QED) is 0.724. The zero-order valence-electron chi connectivity index (χ0n) is 11.2. The van der Waals surface area contributed by atoms with Gasteiger partial charge in [0.05, 0.1) is 12.7 Å². The summed E-state index contributed by atoms with van der Waals surface area (Å²) in [5, 5.41) is 3.22. The van der Waals surface area contributed by atoms with E-state index in [9.17, 15) is 9.18 Å². The van der Waals surface area contributed by atoms with E-state index in [4.69, 9.17) is 4.74 Å². The van der Waals surface area contributed by atoms with Crippen molar-refractivity contribution in [3.8, 4) is 16.9 Å². The second-order valence-electron chi connectivity index (χ2n) is 4.37. The summed E-state index contributed by atoms with van der Waals surface area (Å²) in [6.07, 6.45) is 2.22. The Morgan fingerprint density at radius 2 is 2.19 bits per heavy atom. The van der Waals surface area contributed by atoms with Crippen LogP contribution < -0.4 is 10.1 Å². The van der Waals surface area contributed by atoms with Crippen molar-refractivity contribution in [2.24, 2.45) is 0 Å². The summed E-state index contributed by atoms with van der Waals surface area (Å²) >= 11 is 0. The molecule has 0 aliphatic rings. The van der Waals surface area contributed by atoms with Crippen molar-refractivity contribution in [2.75, 3.05) is 12.4 Å². The van der Waals surface area contributed by atoms with Crippen molar-refractivity contribution in [3.63, 3.8) is 0 Å². The lowest BCUT2D eigenvalue weighted by Gasteiger charge is -2.08. The number of aromatic nitrogens is 2. The average molecular weight is 285 g/mol. The molecule has 0 unspecified atom stereocenters. The number of nitrogens with zero attached hydrogens (tertiary/aromatic N) is 1. The Bertz CT molecular complexity index is 814. The van der Waals surface area contributed by atoms with Crippen molar-refractivity contribution in [3.05, 3.63) is 42.3 Å². The number of nitrogens with one attached hydrogen (secondary N) is 2. The van der Waals surface area contributed by atoms with E-state index in [1.807, 2.05) is 0 Å². The van der Waals surface area contributed by atoms with Gasteiger partial charge >= 0.3 is 0 Å². The lowest BCUT2D eigenvalue weighted by Crippen LogP contribution is -1.96. The minimum absolute atomic E-state index is 0.370. The van der Waals surface area contributed by atoms with Crippen molar-refractivity contribution in [2.45, 2.75) is 0 Å². The molecule has 0 aliphatic heterocycles. The van der Waals surface area contributed by atoms with E-state index in [2.05, 4.69) is 15.3 Å². The smallest absolute Gasteiger partial charge is 0.212 e. The average Bonchev–Trinajstić information content (AvgIpc) is 2.90. The number of methoxy groups -OCH3 is 1. The summed E-state index contributed by atoms with van der Waals surface area (Å²) in [5.41, 5.74) is 1.59. The van der Waals surface area contributed by atoms with Crippen molar-refractivity contribution in [1.82, 2.24) is 9.97 Å². The molecule has 2 N–H and O–H groups in total. The second-order valence-corrected chi connectivity index (χ2v) is 4.37. The monoisotopic (exact) mass is 285 g/mol. The van der Waals surface area contributed by atoms with Crippen LogP contribution in [0.5, 0.6) is 5.75 Å². The molecule has 2 aromatic heterocycles. The number of amides is 1. The van der Waals surface area contributed by atoms with Crippen LogP contribution >= 0.6 is 0 Å². The normalized spacial score (nSPS) is 10.6. The van der Waals surface area contributed by atoms with E-state index in [0.29, 0.717) is 34.8 Å². The lowest BCUT2D eigenvalue weighted by molar-refractivity contribution is -0.105. The molecular formula is C15H12FN3O2. The zero-order chi connectivity index (χ0) is 14.8. The van der Waals surface area contributed by atoms with E-state index >= 15 is 0 Å². The maximum absolute atomic E-state index is 14.2. The van der Waals surface area contributed by atoms with Crippen molar-refractivity contribution < 1.29 is 13.9 Å². The maximum Gasteiger partial charge on any atom is 0.212 e. The number of benzene rings is 1. The van der Waals surface area contributed by atoms with E-state index in [-0.39, 0.29) is 5.82 Å². The molecule has 0 saturated heterocycles. The third-order valence-corrected chi connectivity index (χ3v) is 3.21. The fourth-order valence-electron chi connectivity index (χ4n) is 2.29. The Balaban J connectivity index is 2.20. The molecule has 5 nitrogen and oxygen atoms in total. The zero-order valence-corrected chi connectivity index (χ0v) is 11.2. The van der Waals surface area contributed by atoms with Crippen molar-refractivity contribution in [1.29, 1.82) is 0 Å². The maximum atomic E-state index is 14.2. The van der Waals surface area contributed by atoms with Crippen LogP contribution in [0.2, 0.25) is 0 Å².